The summed E-state index contributed by atoms with van der Waals surface area (Å²) in [5.74, 6) is -0.585. The lowest BCUT2D eigenvalue weighted by Gasteiger charge is -2.12. The van der Waals surface area contributed by atoms with Gasteiger partial charge >= 0.3 is 6.36 Å². The maximum absolute atomic E-state index is 12.5. The number of hydrogen-bond acceptors (Lipinski definition) is 4. The first-order chi connectivity index (χ1) is 11.9. The van der Waals surface area contributed by atoms with Crippen LogP contribution in [-0.2, 0) is 4.74 Å². The van der Waals surface area contributed by atoms with Gasteiger partial charge in [0, 0.05) is 12.6 Å². The van der Waals surface area contributed by atoms with E-state index >= 15 is 0 Å². The smallest absolute Gasteiger partial charge is 0.494 e. The molecule has 0 saturated heterocycles. The lowest BCUT2D eigenvalue weighted by Crippen LogP contribution is -2.21. The first-order valence-electron chi connectivity index (χ1n) is 7.38. The molecule has 3 rings (SSSR count). The normalized spacial score (nSPS) is 14.4. The molecule has 130 valence electrons. The van der Waals surface area contributed by atoms with Crippen molar-refractivity contribution in [3.63, 3.8) is 0 Å². The molecule has 1 aliphatic heterocycles. The SMILES string of the molecule is O=C(c1ccccc1OC(F)(F)F)n1ccc(/C=C/C2=CCCO2)n1. The molecule has 0 atom stereocenters. The van der Waals surface area contributed by atoms with Crippen LogP contribution in [0.4, 0.5) is 13.2 Å². The molecular weight excluding hydrogens is 337 g/mol. The summed E-state index contributed by atoms with van der Waals surface area (Å²) in [6.45, 7) is 0.628. The van der Waals surface area contributed by atoms with Crippen molar-refractivity contribution in [2.24, 2.45) is 0 Å². The predicted molar refractivity (Wildman–Crippen MR) is 82.8 cm³/mol. The largest absolute Gasteiger partial charge is 0.573 e. The van der Waals surface area contributed by atoms with Crippen molar-refractivity contribution in [3.05, 3.63) is 65.7 Å². The quantitative estimate of drug-likeness (QED) is 0.842. The van der Waals surface area contributed by atoms with E-state index in [9.17, 15) is 18.0 Å². The summed E-state index contributed by atoms with van der Waals surface area (Å²) < 4.78 is 47.5. The van der Waals surface area contributed by atoms with Crippen LogP contribution < -0.4 is 4.74 Å². The summed E-state index contributed by atoms with van der Waals surface area (Å²) in [5, 5.41) is 4.05. The molecule has 0 N–H and O–H groups in total. The molecule has 1 aromatic heterocycles. The van der Waals surface area contributed by atoms with E-state index in [0.29, 0.717) is 18.1 Å². The molecule has 0 amide bonds. The van der Waals surface area contributed by atoms with Gasteiger partial charge in [0.05, 0.1) is 17.9 Å². The third-order valence-corrected chi connectivity index (χ3v) is 3.31. The molecule has 1 aliphatic rings. The molecule has 0 aliphatic carbocycles. The van der Waals surface area contributed by atoms with E-state index in [1.807, 2.05) is 6.08 Å². The second-order valence-electron chi connectivity index (χ2n) is 5.11. The van der Waals surface area contributed by atoms with E-state index < -0.39 is 18.0 Å². The number of carbonyl (C=O) groups is 1. The monoisotopic (exact) mass is 350 g/mol. The van der Waals surface area contributed by atoms with E-state index in [2.05, 4.69) is 9.84 Å². The number of ether oxygens (including phenoxy) is 2. The van der Waals surface area contributed by atoms with Gasteiger partial charge in [-0.2, -0.15) is 5.10 Å². The zero-order valence-electron chi connectivity index (χ0n) is 12.9. The number of aromatic nitrogens is 2. The summed E-state index contributed by atoms with van der Waals surface area (Å²) >= 11 is 0. The third-order valence-electron chi connectivity index (χ3n) is 3.31. The number of rotatable bonds is 4. The van der Waals surface area contributed by atoms with Crippen molar-refractivity contribution in [3.8, 4) is 5.75 Å². The van der Waals surface area contributed by atoms with E-state index in [1.54, 1.807) is 18.2 Å². The maximum Gasteiger partial charge on any atom is 0.573 e. The van der Waals surface area contributed by atoms with Gasteiger partial charge in [0.2, 0.25) is 0 Å². The van der Waals surface area contributed by atoms with Crippen LogP contribution in [0.2, 0.25) is 0 Å². The van der Waals surface area contributed by atoms with E-state index in [4.69, 9.17) is 4.74 Å². The fourth-order valence-electron chi connectivity index (χ4n) is 2.24. The summed E-state index contributed by atoms with van der Waals surface area (Å²) in [6.07, 6.45) is 2.61. The molecule has 0 spiro atoms. The van der Waals surface area contributed by atoms with Crippen LogP contribution in [0.5, 0.6) is 5.75 Å². The molecule has 0 unspecified atom stereocenters. The van der Waals surface area contributed by atoms with Gasteiger partial charge in [-0.25, -0.2) is 4.68 Å². The highest BCUT2D eigenvalue weighted by molar-refractivity contribution is 5.98. The van der Waals surface area contributed by atoms with Crippen LogP contribution in [-0.4, -0.2) is 28.7 Å². The number of allylic oxidation sites excluding steroid dienone is 1. The van der Waals surface area contributed by atoms with Gasteiger partial charge in [0.25, 0.3) is 5.91 Å². The molecule has 2 heterocycles. The maximum atomic E-state index is 12.5. The molecule has 5 nitrogen and oxygen atoms in total. The number of nitrogens with zero attached hydrogens (tertiary/aromatic N) is 2. The van der Waals surface area contributed by atoms with Gasteiger partial charge in [0.1, 0.15) is 11.5 Å². The molecule has 0 radical (unpaired) electrons. The second kappa shape index (κ2) is 6.84. The van der Waals surface area contributed by atoms with Crippen molar-refractivity contribution >= 4 is 12.0 Å². The van der Waals surface area contributed by atoms with Gasteiger partial charge in [-0.1, -0.05) is 12.1 Å². The number of hydrogen-bond donors (Lipinski definition) is 0. The Kier molecular flexibility index (Phi) is 4.60. The zero-order chi connectivity index (χ0) is 17.9. The van der Waals surface area contributed by atoms with Crippen LogP contribution in [0.1, 0.15) is 22.5 Å². The van der Waals surface area contributed by atoms with Crippen molar-refractivity contribution in [1.82, 2.24) is 9.78 Å². The first kappa shape index (κ1) is 16.8. The standard InChI is InChI=1S/C17H13F3N2O3/c18-17(19,20)25-15-6-2-1-5-14(15)16(23)22-10-9-12(21-22)7-8-13-4-3-11-24-13/h1-2,4-10H,3,11H2/b8-7+. The van der Waals surface area contributed by atoms with Crippen LogP contribution >= 0.6 is 0 Å². The highest BCUT2D eigenvalue weighted by atomic mass is 19.4. The molecule has 0 fully saturated rings. The Morgan fingerprint density at radius 2 is 2.04 bits per heavy atom. The number of carbonyl (C=O) groups excluding carboxylic acids is 1. The molecule has 25 heavy (non-hydrogen) atoms. The number of alkyl halides is 3. The predicted octanol–water partition coefficient (Wildman–Crippen LogP) is 3.79. The van der Waals surface area contributed by atoms with Crippen LogP contribution in [0.3, 0.4) is 0 Å². The van der Waals surface area contributed by atoms with E-state index in [-0.39, 0.29) is 5.56 Å². The topological polar surface area (TPSA) is 53.4 Å². The van der Waals surface area contributed by atoms with E-state index in [1.165, 1.54) is 24.4 Å². The van der Waals surface area contributed by atoms with Crippen molar-refractivity contribution in [1.29, 1.82) is 0 Å². The van der Waals surface area contributed by atoms with Gasteiger partial charge in [-0.3, -0.25) is 4.79 Å². The molecule has 1 aromatic carbocycles. The average molecular weight is 350 g/mol. The summed E-state index contributed by atoms with van der Waals surface area (Å²) in [4.78, 5) is 12.4. The van der Waals surface area contributed by atoms with Crippen LogP contribution in [0.25, 0.3) is 6.08 Å². The van der Waals surface area contributed by atoms with Crippen molar-refractivity contribution in [2.75, 3.05) is 6.61 Å². The Morgan fingerprint density at radius 1 is 1.24 bits per heavy atom. The fourth-order valence-corrected chi connectivity index (χ4v) is 2.24. The van der Waals surface area contributed by atoms with Crippen LogP contribution in [0, 0.1) is 0 Å². The number of benzene rings is 1. The molecular formula is C17H13F3N2O3. The lowest BCUT2D eigenvalue weighted by atomic mass is 10.2. The van der Waals surface area contributed by atoms with Crippen LogP contribution in [0.15, 0.2) is 54.4 Å². The van der Waals surface area contributed by atoms with Gasteiger partial charge < -0.3 is 9.47 Å². The fraction of sp³-hybridized carbons (Fsp3) is 0.176. The number of halogens is 3. The Bertz CT molecular complexity index is 838. The number of para-hydroxylation sites is 1. The van der Waals surface area contributed by atoms with Crippen molar-refractivity contribution < 1.29 is 27.4 Å². The lowest BCUT2D eigenvalue weighted by molar-refractivity contribution is -0.274. The Labute approximate surface area is 141 Å². The summed E-state index contributed by atoms with van der Waals surface area (Å²) in [6, 6.07) is 6.69. The van der Waals surface area contributed by atoms with Crippen molar-refractivity contribution in [2.45, 2.75) is 12.8 Å². The Morgan fingerprint density at radius 3 is 2.76 bits per heavy atom. The third kappa shape index (κ3) is 4.28. The Hall–Kier alpha value is -3.03. The molecule has 0 bridgehead atoms. The Balaban J connectivity index is 1.80. The van der Waals surface area contributed by atoms with Gasteiger partial charge in [-0.15, -0.1) is 13.2 Å². The van der Waals surface area contributed by atoms with E-state index in [0.717, 1.165) is 17.2 Å². The molecule has 0 saturated carbocycles. The minimum absolute atomic E-state index is 0.236. The highest BCUT2D eigenvalue weighted by Crippen LogP contribution is 2.26. The highest BCUT2D eigenvalue weighted by Gasteiger charge is 2.33. The zero-order valence-corrected chi connectivity index (χ0v) is 12.9. The first-order valence-corrected chi connectivity index (χ1v) is 7.38. The minimum atomic E-state index is -4.89. The minimum Gasteiger partial charge on any atom is -0.494 e. The molecule has 2 aromatic rings. The van der Waals surface area contributed by atoms with Gasteiger partial charge in [0.15, 0.2) is 0 Å². The van der Waals surface area contributed by atoms with Gasteiger partial charge in [-0.05, 0) is 36.4 Å². The summed E-state index contributed by atoms with van der Waals surface area (Å²) in [7, 11) is 0. The second-order valence-corrected chi connectivity index (χ2v) is 5.11. The molecule has 8 heteroatoms. The average Bonchev–Trinajstić information content (AvgIpc) is 3.23. The summed E-state index contributed by atoms with van der Waals surface area (Å²) in [5.41, 5.74) is 0.235.